The number of sulfonamides is 1. The van der Waals surface area contributed by atoms with E-state index in [1.165, 1.54) is 24.3 Å². The Balaban J connectivity index is 2.12. The Morgan fingerprint density at radius 3 is 2.12 bits per heavy atom. The van der Waals surface area contributed by atoms with Crippen molar-refractivity contribution in [3.8, 4) is 5.75 Å². The molecule has 3 N–H and O–H groups in total. The standard InChI is InChI=1S/C14H11F3N2O4S/c15-14(16,17)9-5-7-10(8-6-9)24(22,23)19-18-13(21)11-3-1-2-4-12(11)20/h1-8,19-20H,(H,18,21). The first kappa shape index (κ1) is 17.8. The van der Waals surface area contributed by atoms with Gasteiger partial charge in [-0.05, 0) is 36.4 Å². The molecule has 128 valence electrons. The Kier molecular flexibility index (Phi) is 4.81. The number of phenols is 1. The third-order valence-electron chi connectivity index (χ3n) is 2.94. The van der Waals surface area contributed by atoms with Crippen molar-refractivity contribution < 1.29 is 31.5 Å². The summed E-state index contributed by atoms with van der Waals surface area (Å²) >= 11 is 0. The zero-order valence-electron chi connectivity index (χ0n) is 11.8. The van der Waals surface area contributed by atoms with E-state index in [9.17, 15) is 31.5 Å². The minimum atomic E-state index is -4.59. The van der Waals surface area contributed by atoms with Gasteiger partial charge in [-0.15, -0.1) is 4.83 Å². The molecule has 0 aromatic heterocycles. The molecule has 0 radical (unpaired) electrons. The van der Waals surface area contributed by atoms with Gasteiger partial charge in [-0.3, -0.25) is 10.2 Å². The van der Waals surface area contributed by atoms with E-state index >= 15 is 0 Å². The molecular weight excluding hydrogens is 349 g/mol. The Morgan fingerprint density at radius 1 is 1.00 bits per heavy atom. The van der Waals surface area contributed by atoms with Gasteiger partial charge >= 0.3 is 6.18 Å². The number of carbonyl (C=O) groups is 1. The second kappa shape index (κ2) is 6.49. The lowest BCUT2D eigenvalue weighted by atomic mass is 10.2. The molecule has 0 aliphatic carbocycles. The van der Waals surface area contributed by atoms with Crippen LogP contribution in [0.4, 0.5) is 13.2 Å². The van der Waals surface area contributed by atoms with Crippen molar-refractivity contribution in [2.24, 2.45) is 0 Å². The van der Waals surface area contributed by atoms with Crippen LogP contribution in [-0.2, 0) is 16.2 Å². The quantitative estimate of drug-likeness (QED) is 0.727. The fraction of sp³-hybridized carbons (Fsp3) is 0.0714. The van der Waals surface area contributed by atoms with E-state index in [0.717, 1.165) is 12.1 Å². The van der Waals surface area contributed by atoms with Crippen molar-refractivity contribution in [2.45, 2.75) is 11.1 Å². The number of carbonyl (C=O) groups excluding carboxylic acids is 1. The molecule has 0 fully saturated rings. The van der Waals surface area contributed by atoms with Crippen LogP contribution >= 0.6 is 0 Å². The zero-order chi connectivity index (χ0) is 18.0. The van der Waals surface area contributed by atoms with E-state index in [-0.39, 0.29) is 11.3 Å². The summed E-state index contributed by atoms with van der Waals surface area (Å²) in [6, 6.07) is 8.17. The van der Waals surface area contributed by atoms with Crippen molar-refractivity contribution in [2.75, 3.05) is 0 Å². The Morgan fingerprint density at radius 2 is 1.58 bits per heavy atom. The number of hydrogen-bond donors (Lipinski definition) is 3. The van der Waals surface area contributed by atoms with Crippen LogP contribution in [0.15, 0.2) is 53.4 Å². The molecular formula is C14H11F3N2O4S. The maximum atomic E-state index is 12.4. The lowest BCUT2D eigenvalue weighted by Crippen LogP contribution is -2.41. The third-order valence-corrected chi connectivity index (χ3v) is 4.20. The van der Waals surface area contributed by atoms with Gasteiger partial charge in [0.05, 0.1) is 16.0 Å². The van der Waals surface area contributed by atoms with Crippen molar-refractivity contribution in [1.82, 2.24) is 10.3 Å². The Hall–Kier alpha value is -2.59. The summed E-state index contributed by atoms with van der Waals surface area (Å²) in [4.78, 5) is 13.1. The number of rotatable bonds is 4. The van der Waals surface area contributed by atoms with Gasteiger partial charge in [0.15, 0.2) is 0 Å². The summed E-state index contributed by atoms with van der Waals surface area (Å²) in [7, 11) is -4.27. The summed E-state index contributed by atoms with van der Waals surface area (Å²) in [6.45, 7) is 0. The summed E-state index contributed by atoms with van der Waals surface area (Å²) in [6.07, 6.45) is -4.59. The second-order valence-corrected chi connectivity index (χ2v) is 6.28. The molecule has 0 unspecified atom stereocenters. The molecule has 6 nitrogen and oxygen atoms in total. The van der Waals surface area contributed by atoms with Crippen LogP contribution in [0.2, 0.25) is 0 Å². The Labute approximate surface area is 135 Å². The molecule has 0 saturated carbocycles. The van der Waals surface area contributed by atoms with Gasteiger partial charge in [0.2, 0.25) is 0 Å². The summed E-state index contributed by atoms with van der Waals surface area (Å²) in [5, 5.41) is 9.49. The third kappa shape index (κ3) is 4.03. The van der Waals surface area contributed by atoms with Crippen LogP contribution in [0.25, 0.3) is 0 Å². The molecule has 0 saturated heterocycles. The number of para-hydroxylation sites is 1. The molecule has 0 aliphatic rings. The average Bonchev–Trinajstić information content (AvgIpc) is 2.52. The number of benzene rings is 2. The zero-order valence-corrected chi connectivity index (χ0v) is 12.6. The molecule has 0 spiro atoms. The predicted octanol–water partition coefficient (Wildman–Crippen LogP) is 2.03. The topological polar surface area (TPSA) is 95.5 Å². The smallest absolute Gasteiger partial charge is 0.416 e. The van der Waals surface area contributed by atoms with Crippen molar-refractivity contribution >= 4 is 15.9 Å². The maximum absolute atomic E-state index is 12.4. The molecule has 1 amide bonds. The van der Waals surface area contributed by atoms with Gasteiger partial charge < -0.3 is 5.11 Å². The van der Waals surface area contributed by atoms with Gasteiger partial charge in [0.1, 0.15) is 5.75 Å². The number of phenolic OH excluding ortho intramolecular Hbond substituents is 1. The van der Waals surface area contributed by atoms with Gasteiger partial charge in [-0.25, -0.2) is 8.42 Å². The van der Waals surface area contributed by atoms with E-state index in [1.54, 1.807) is 4.83 Å². The number of halogens is 3. The highest BCUT2D eigenvalue weighted by Crippen LogP contribution is 2.29. The van der Waals surface area contributed by atoms with Crippen molar-refractivity contribution in [1.29, 1.82) is 0 Å². The molecule has 0 heterocycles. The van der Waals surface area contributed by atoms with Crippen LogP contribution in [0.1, 0.15) is 15.9 Å². The largest absolute Gasteiger partial charge is 0.507 e. The van der Waals surface area contributed by atoms with Crippen molar-refractivity contribution in [3.63, 3.8) is 0 Å². The molecule has 2 aromatic carbocycles. The SMILES string of the molecule is O=C(NNS(=O)(=O)c1ccc(C(F)(F)F)cc1)c1ccccc1O. The fourth-order valence-corrected chi connectivity index (χ4v) is 2.57. The number of hydrogen-bond acceptors (Lipinski definition) is 4. The molecule has 2 aromatic rings. The monoisotopic (exact) mass is 360 g/mol. The highest BCUT2D eigenvalue weighted by Gasteiger charge is 2.30. The lowest BCUT2D eigenvalue weighted by Gasteiger charge is -2.10. The minimum Gasteiger partial charge on any atom is -0.507 e. The molecule has 0 atom stereocenters. The number of alkyl halides is 3. The lowest BCUT2D eigenvalue weighted by molar-refractivity contribution is -0.137. The van der Waals surface area contributed by atoms with E-state index < -0.39 is 32.6 Å². The molecule has 10 heteroatoms. The summed E-state index contributed by atoms with van der Waals surface area (Å²) < 4.78 is 61.2. The van der Waals surface area contributed by atoms with Crippen LogP contribution in [0.3, 0.4) is 0 Å². The first-order chi connectivity index (χ1) is 11.1. The van der Waals surface area contributed by atoms with Crippen LogP contribution in [0.5, 0.6) is 5.75 Å². The first-order valence-corrected chi connectivity index (χ1v) is 7.87. The highest BCUT2D eigenvalue weighted by molar-refractivity contribution is 7.89. The average molecular weight is 360 g/mol. The highest BCUT2D eigenvalue weighted by atomic mass is 32.2. The van der Waals surface area contributed by atoms with E-state index in [4.69, 9.17) is 0 Å². The summed E-state index contributed by atoms with van der Waals surface area (Å²) in [5.41, 5.74) is 0.690. The van der Waals surface area contributed by atoms with E-state index in [0.29, 0.717) is 12.1 Å². The normalized spacial score (nSPS) is 12.0. The van der Waals surface area contributed by atoms with Crippen LogP contribution < -0.4 is 10.3 Å². The maximum Gasteiger partial charge on any atom is 0.416 e. The summed E-state index contributed by atoms with van der Waals surface area (Å²) in [5.74, 6) is -1.28. The predicted molar refractivity (Wildman–Crippen MR) is 77.3 cm³/mol. The van der Waals surface area contributed by atoms with Crippen molar-refractivity contribution in [3.05, 3.63) is 59.7 Å². The molecule has 0 aliphatic heterocycles. The van der Waals surface area contributed by atoms with Gasteiger partial charge in [-0.2, -0.15) is 13.2 Å². The molecule has 24 heavy (non-hydrogen) atoms. The van der Waals surface area contributed by atoms with Crippen LogP contribution in [-0.4, -0.2) is 19.4 Å². The van der Waals surface area contributed by atoms with Gasteiger partial charge in [0, 0.05) is 0 Å². The minimum absolute atomic E-state index is 0.174. The number of hydrazine groups is 1. The van der Waals surface area contributed by atoms with E-state index in [2.05, 4.69) is 0 Å². The number of amides is 1. The number of nitrogens with one attached hydrogen (secondary N) is 2. The second-order valence-electron chi connectivity index (χ2n) is 4.60. The Bertz CT molecular complexity index is 849. The van der Waals surface area contributed by atoms with E-state index in [1.807, 2.05) is 5.43 Å². The van der Waals surface area contributed by atoms with Gasteiger partial charge in [-0.1, -0.05) is 12.1 Å². The van der Waals surface area contributed by atoms with Gasteiger partial charge in [0.25, 0.3) is 15.9 Å². The first-order valence-electron chi connectivity index (χ1n) is 6.38. The molecule has 0 bridgehead atoms. The number of aromatic hydroxyl groups is 1. The fourth-order valence-electron chi connectivity index (χ4n) is 1.73. The van der Waals surface area contributed by atoms with Crippen LogP contribution in [0, 0.1) is 0 Å². The molecule has 2 rings (SSSR count).